The van der Waals surface area contributed by atoms with Gasteiger partial charge in [0.05, 0.1) is 27.9 Å². The molecule has 0 bridgehead atoms. The van der Waals surface area contributed by atoms with Crippen molar-refractivity contribution >= 4 is 29.2 Å². The smallest absolute Gasteiger partial charge is 0.410 e. The van der Waals surface area contributed by atoms with Crippen molar-refractivity contribution in [3.63, 3.8) is 0 Å². The number of piperidine rings is 1. The number of nitrogens with zero attached hydrogens (tertiary/aromatic N) is 6. The molecule has 5 rings (SSSR count). The van der Waals surface area contributed by atoms with Crippen LogP contribution in [-0.4, -0.2) is 90.2 Å². The number of aryl methyl sites for hydroxylation is 1. The number of amides is 3. The van der Waals surface area contributed by atoms with Crippen LogP contribution in [0.25, 0.3) is 10.4 Å². The summed E-state index contributed by atoms with van der Waals surface area (Å²) < 4.78 is 7.10. The number of carbonyl (C=O) groups is 3. The van der Waals surface area contributed by atoms with Gasteiger partial charge in [0.25, 0.3) is 0 Å². The summed E-state index contributed by atoms with van der Waals surface area (Å²) >= 11 is 1.59. The molecule has 13 heteroatoms. The lowest BCUT2D eigenvalue weighted by Gasteiger charge is -2.32. The highest BCUT2D eigenvalue weighted by atomic mass is 32.1. The zero-order valence-electron chi connectivity index (χ0n) is 27.5. The molecule has 2 aromatic heterocycles. The van der Waals surface area contributed by atoms with E-state index in [0.717, 1.165) is 27.4 Å². The monoisotopic (exact) mass is 651 g/mol. The van der Waals surface area contributed by atoms with Crippen molar-refractivity contribution < 1.29 is 24.2 Å². The SMILES string of the molecule is Cc1ncsc1-c1ccc(CNC(=O)[C@@H]2C[C@@H](O)CN2C(=O)[C@H](C(C)C)n2cc(C3CCN(C(=O)OC(C)(C)C)CC3)nn2)cc1. The van der Waals surface area contributed by atoms with Gasteiger partial charge in [0.2, 0.25) is 11.8 Å². The second kappa shape index (κ2) is 13.9. The molecule has 0 aliphatic carbocycles. The quantitative estimate of drug-likeness (QED) is 0.367. The minimum atomic E-state index is -0.795. The van der Waals surface area contributed by atoms with Gasteiger partial charge in [-0.2, -0.15) is 0 Å². The van der Waals surface area contributed by atoms with E-state index in [9.17, 15) is 19.5 Å². The Labute approximate surface area is 274 Å². The summed E-state index contributed by atoms with van der Waals surface area (Å²) in [6, 6.07) is 6.50. The molecule has 3 aromatic rings. The van der Waals surface area contributed by atoms with Gasteiger partial charge in [0, 0.05) is 44.7 Å². The van der Waals surface area contributed by atoms with Crippen molar-refractivity contribution in [3.05, 3.63) is 52.9 Å². The number of carbonyl (C=O) groups excluding carboxylic acids is 3. The van der Waals surface area contributed by atoms with Crippen LogP contribution in [0.2, 0.25) is 0 Å². The number of aromatic nitrogens is 4. The number of thiazole rings is 1. The average Bonchev–Trinajstić information content (AvgIpc) is 3.75. The van der Waals surface area contributed by atoms with Crippen molar-refractivity contribution in [2.75, 3.05) is 19.6 Å². The fraction of sp³-hybridized carbons (Fsp3) is 0.576. The Morgan fingerprint density at radius 3 is 2.43 bits per heavy atom. The lowest BCUT2D eigenvalue weighted by Crippen LogP contribution is -2.49. The highest BCUT2D eigenvalue weighted by molar-refractivity contribution is 7.13. The van der Waals surface area contributed by atoms with E-state index in [1.165, 1.54) is 4.90 Å². The van der Waals surface area contributed by atoms with Gasteiger partial charge in [-0.1, -0.05) is 43.3 Å². The van der Waals surface area contributed by atoms with Gasteiger partial charge in [0.15, 0.2) is 0 Å². The van der Waals surface area contributed by atoms with Gasteiger partial charge < -0.3 is 25.0 Å². The number of benzene rings is 1. The third-order valence-electron chi connectivity index (χ3n) is 8.56. The van der Waals surface area contributed by atoms with Gasteiger partial charge in [-0.3, -0.25) is 9.59 Å². The van der Waals surface area contributed by atoms with Crippen molar-refractivity contribution in [1.29, 1.82) is 0 Å². The van der Waals surface area contributed by atoms with E-state index in [4.69, 9.17) is 4.74 Å². The van der Waals surface area contributed by atoms with E-state index in [0.29, 0.717) is 32.5 Å². The Kier molecular flexibility index (Phi) is 10.1. The van der Waals surface area contributed by atoms with Gasteiger partial charge in [-0.25, -0.2) is 14.5 Å². The maximum atomic E-state index is 14.0. The number of hydrogen-bond acceptors (Lipinski definition) is 9. The molecule has 3 amide bonds. The summed E-state index contributed by atoms with van der Waals surface area (Å²) in [6.45, 7) is 12.9. The number of ether oxygens (including phenoxy) is 1. The molecule has 2 aliphatic rings. The van der Waals surface area contributed by atoms with Crippen LogP contribution in [0.3, 0.4) is 0 Å². The Morgan fingerprint density at radius 1 is 1.13 bits per heavy atom. The van der Waals surface area contributed by atoms with Gasteiger partial charge in [-0.15, -0.1) is 16.4 Å². The van der Waals surface area contributed by atoms with Crippen LogP contribution >= 0.6 is 11.3 Å². The molecular weight excluding hydrogens is 606 g/mol. The molecule has 4 heterocycles. The molecule has 2 fully saturated rings. The van der Waals surface area contributed by atoms with Crippen LogP contribution < -0.4 is 5.32 Å². The van der Waals surface area contributed by atoms with Crippen LogP contribution in [0.15, 0.2) is 36.0 Å². The molecule has 0 spiro atoms. The van der Waals surface area contributed by atoms with E-state index in [2.05, 4.69) is 20.6 Å². The van der Waals surface area contributed by atoms with Crippen molar-refractivity contribution in [2.45, 2.75) is 97.1 Å². The van der Waals surface area contributed by atoms with Crippen LogP contribution in [-0.2, 0) is 20.9 Å². The fourth-order valence-corrected chi connectivity index (χ4v) is 6.95. The molecular formula is C33H45N7O5S. The van der Waals surface area contributed by atoms with Gasteiger partial charge in [-0.05, 0) is 57.6 Å². The van der Waals surface area contributed by atoms with E-state index in [1.807, 2.05) is 77.5 Å². The van der Waals surface area contributed by atoms with Crippen molar-refractivity contribution in [1.82, 2.24) is 35.1 Å². The molecule has 1 aromatic carbocycles. The molecule has 2 saturated heterocycles. The lowest BCUT2D eigenvalue weighted by molar-refractivity contribution is -0.142. The molecule has 3 atom stereocenters. The maximum absolute atomic E-state index is 14.0. The first-order valence-corrected chi connectivity index (χ1v) is 16.8. The second-order valence-corrected chi connectivity index (χ2v) is 14.5. The number of aliphatic hydroxyl groups is 1. The maximum Gasteiger partial charge on any atom is 0.410 e. The topological polar surface area (TPSA) is 143 Å². The Balaban J connectivity index is 1.21. The second-order valence-electron chi connectivity index (χ2n) is 13.6. The normalized spacial score (nSPS) is 19.8. The number of rotatable bonds is 8. The predicted octanol–water partition coefficient (Wildman–Crippen LogP) is 4.30. The molecule has 2 N–H and O–H groups in total. The predicted molar refractivity (Wildman–Crippen MR) is 174 cm³/mol. The summed E-state index contributed by atoms with van der Waals surface area (Å²) in [5.74, 6) is -0.612. The third-order valence-corrected chi connectivity index (χ3v) is 9.53. The standard InChI is InChI=1S/C33H45N7O5S/c1-20(2)28(40-18-26(36-37-40)23-11-13-38(14-12-23)32(44)45-33(4,5)6)31(43)39-17-25(41)15-27(39)30(42)34-16-22-7-9-24(10-8-22)29-21(3)35-19-46-29/h7-10,18-20,23,25,27-28,41H,11-17H2,1-6H3,(H,34,42)/t25-,27+,28+/m1/s1. The van der Waals surface area contributed by atoms with E-state index < -0.39 is 23.8 Å². The number of aliphatic hydroxyl groups excluding tert-OH is 1. The molecule has 0 radical (unpaired) electrons. The average molecular weight is 652 g/mol. The highest BCUT2D eigenvalue weighted by Crippen LogP contribution is 2.31. The summed E-state index contributed by atoms with van der Waals surface area (Å²) in [7, 11) is 0. The van der Waals surface area contributed by atoms with Crippen LogP contribution in [0, 0.1) is 12.8 Å². The van der Waals surface area contributed by atoms with Crippen LogP contribution in [0.5, 0.6) is 0 Å². The van der Waals surface area contributed by atoms with E-state index in [-0.39, 0.29) is 42.7 Å². The summed E-state index contributed by atoms with van der Waals surface area (Å²) in [6.07, 6.45) is 2.31. The molecule has 2 aliphatic heterocycles. The highest BCUT2D eigenvalue weighted by Gasteiger charge is 2.43. The first-order chi connectivity index (χ1) is 21.8. The zero-order chi connectivity index (χ0) is 33.2. The Morgan fingerprint density at radius 2 is 1.83 bits per heavy atom. The number of β-amino-alcohol motifs (C(OH)–C–C–N with tert-alkyl or cyclic N) is 1. The van der Waals surface area contributed by atoms with Crippen molar-refractivity contribution in [3.8, 4) is 10.4 Å². The van der Waals surface area contributed by atoms with Gasteiger partial charge >= 0.3 is 6.09 Å². The minimum absolute atomic E-state index is 0.0771. The lowest BCUT2D eigenvalue weighted by atomic mass is 9.94. The zero-order valence-corrected chi connectivity index (χ0v) is 28.3. The molecule has 12 nitrogen and oxygen atoms in total. The Hall–Kier alpha value is -3.84. The van der Waals surface area contributed by atoms with Crippen molar-refractivity contribution in [2.24, 2.45) is 5.92 Å². The summed E-state index contributed by atoms with van der Waals surface area (Å²) in [5.41, 5.74) is 5.05. The van der Waals surface area contributed by atoms with Crippen LogP contribution in [0.4, 0.5) is 4.79 Å². The number of likely N-dealkylation sites (tertiary alicyclic amines) is 2. The minimum Gasteiger partial charge on any atom is -0.444 e. The molecule has 0 saturated carbocycles. The third kappa shape index (κ3) is 7.75. The molecule has 0 unspecified atom stereocenters. The largest absolute Gasteiger partial charge is 0.444 e. The first-order valence-electron chi connectivity index (χ1n) is 16.0. The molecule has 46 heavy (non-hydrogen) atoms. The molecule has 248 valence electrons. The van der Waals surface area contributed by atoms with Gasteiger partial charge in [0.1, 0.15) is 17.7 Å². The first kappa shape index (κ1) is 33.5. The van der Waals surface area contributed by atoms with E-state index >= 15 is 0 Å². The summed E-state index contributed by atoms with van der Waals surface area (Å²) in [5, 5.41) is 22.3. The summed E-state index contributed by atoms with van der Waals surface area (Å²) in [4.78, 5) is 48.5. The van der Waals surface area contributed by atoms with Crippen LogP contribution in [0.1, 0.15) is 82.8 Å². The number of nitrogens with one attached hydrogen (secondary N) is 1. The fourth-order valence-electron chi connectivity index (χ4n) is 6.14. The number of hydrogen-bond donors (Lipinski definition) is 2. The van der Waals surface area contributed by atoms with E-state index in [1.54, 1.807) is 20.9 Å². The Bertz CT molecular complexity index is 1520.